The van der Waals surface area contributed by atoms with E-state index < -0.39 is 0 Å². The van der Waals surface area contributed by atoms with Gasteiger partial charge in [0, 0.05) is 19.8 Å². The van der Waals surface area contributed by atoms with Crippen molar-refractivity contribution in [1.29, 1.82) is 0 Å². The van der Waals surface area contributed by atoms with Gasteiger partial charge in [-0.25, -0.2) is 0 Å². The van der Waals surface area contributed by atoms with Crippen LogP contribution in [0.3, 0.4) is 0 Å². The number of halogens is 1. The average Bonchev–Trinajstić information content (AvgIpc) is 2.88. The van der Waals surface area contributed by atoms with Gasteiger partial charge in [0.25, 0.3) is 0 Å². The van der Waals surface area contributed by atoms with Gasteiger partial charge in [0.2, 0.25) is 0 Å². The average molecular weight is 310 g/mol. The maximum absolute atomic E-state index is 6.33. The molecule has 1 N–H and O–H groups in total. The van der Waals surface area contributed by atoms with Crippen molar-refractivity contribution in [3.8, 4) is 0 Å². The van der Waals surface area contributed by atoms with Gasteiger partial charge >= 0.3 is 0 Å². The highest BCUT2D eigenvalue weighted by atomic mass is 35.5. The van der Waals surface area contributed by atoms with Crippen LogP contribution in [0, 0.1) is 13.8 Å². The number of aromatic nitrogens is 4. The smallest absolute Gasteiger partial charge is 0.0834 e. The molecule has 2 aromatic rings. The molecule has 0 aliphatic rings. The normalized spacial score (nSPS) is 12.9. The fourth-order valence-corrected chi connectivity index (χ4v) is 3.01. The molecular weight excluding hydrogens is 286 g/mol. The molecule has 2 heterocycles. The van der Waals surface area contributed by atoms with Crippen LogP contribution in [-0.4, -0.2) is 26.1 Å². The van der Waals surface area contributed by atoms with Crippen LogP contribution in [0.4, 0.5) is 0 Å². The molecule has 0 saturated heterocycles. The number of rotatable bonds is 6. The molecule has 116 valence electrons. The van der Waals surface area contributed by atoms with Crippen molar-refractivity contribution in [3.05, 3.63) is 33.9 Å². The van der Waals surface area contributed by atoms with Gasteiger partial charge < -0.3 is 5.32 Å². The van der Waals surface area contributed by atoms with Crippen molar-refractivity contribution in [3.63, 3.8) is 0 Å². The summed E-state index contributed by atoms with van der Waals surface area (Å²) >= 11 is 6.33. The fourth-order valence-electron chi connectivity index (χ4n) is 2.71. The minimum absolute atomic E-state index is 0.145. The molecule has 2 aromatic heterocycles. The molecule has 0 bridgehead atoms. The molecule has 1 unspecified atom stereocenters. The molecule has 21 heavy (non-hydrogen) atoms. The van der Waals surface area contributed by atoms with Crippen molar-refractivity contribution in [2.75, 3.05) is 6.54 Å². The SMILES string of the molecule is CCCNC(Cc1c(C)nn(C)c1C)c1c(Cl)cnn1C. The van der Waals surface area contributed by atoms with Crippen molar-refractivity contribution in [2.24, 2.45) is 14.1 Å². The van der Waals surface area contributed by atoms with Crippen LogP contribution in [0.2, 0.25) is 5.02 Å². The predicted molar refractivity (Wildman–Crippen MR) is 85.6 cm³/mol. The third-order valence-corrected chi connectivity index (χ3v) is 4.27. The quantitative estimate of drug-likeness (QED) is 0.892. The molecule has 0 amide bonds. The Bertz CT molecular complexity index is 594. The molecule has 0 saturated carbocycles. The summed E-state index contributed by atoms with van der Waals surface area (Å²) in [6.45, 7) is 7.28. The van der Waals surface area contributed by atoms with Crippen molar-refractivity contribution >= 4 is 11.6 Å². The lowest BCUT2D eigenvalue weighted by molar-refractivity contribution is 0.492. The zero-order valence-electron chi connectivity index (χ0n) is 13.4. The van der Waals surface area contributed by atoms with E-state index >= 15 is 0 Å². The van der Waals surface area contributed by atoms with Crippen LogP contribution >= 0.6 is 11.6 Å². The van der Waals surface area contributed by atoms with Gasteiger partial charge in [-0.2, -0.15) is 10.2 Å². The van der Waals surface area contributed by atoms with E-state index in [2.05, 4.69) is 36.3 Å². The molecule has 5 nitrogen and oxygen atoms in total. The number of nitrogens with one attached hydrogen (secondary N) is 1. The van der Waals surface area contributed by atoms with Gasteiger partial charge in [-0.3, -0.25) is 9.36 Å². The van der Waals surface area contributed by atoms with Crippen LogP contribution in [-0.2, 0) is 20.5 Å². The summed E-state index contributed by atoms with van der Waals surface area (Å²) in [5.74, 6) is 0. The summed E-state index contributed by atoms with van der Waals surface area (Å²) in [4.78, 5) is 0. The Morgan fingerprint density at radius 2 is 2.00 bits per heavy atom. The second-order valence-electron chi connectivity index (χ2n) is 5.49. The summed E-state index contributed by atoms with van der Waals surface area (Å²) in [6, 6.07) is 0.145. The van der Waals surface area contributed by atoms with E-state index in [1.165, 1.54) is 11.3 Å². The number of hydrogen-bond donors (Lipinski definition) is 1. The van der Waals surface area contributed by atoms with E-state index in [0.717, 1.165) is 30.8 Å². The van der Waals surface area contributed by atoms with E-state index in [1.54, 1.807) is 6.20 Å². The third-order valence-electron chi connectivity index (χ3n) is 3.98. The Labute approximate surface area is 131 Å². The fraction of sp³-hybridized carbons (Fsp3) is 0.600. The van der Waals surface area contributed by atoms with Gasteiger partial charge in [0.1, 0.15) is 0 Å². The topological polar surface area (TPSA) is 47.7 Å². The number of nitrogens with zero attached hydrogens (tertiary/aromatic N) is 4. The molecule has 0 radical (unpaired) electrons. The van der Waals surface area contributed by atoms with Gasteiger partial charge in [0.05, 0.1) is 28.6 Å². The van der Waals surface area contributed by atoms with Crippen molar-refractivity contribution < 1.29 is 0 Å². The molecule has 1 atom stereocenters. The van der Waals surface area contributed by atoms with E-state index in [1.807, 2.05) is 23.5 Å². The minimum Gasteiger partial charge on any atom is -0.308 e. The third kappa shape index (κ3) is 3.30. The lowest BCUT2D eigenvalue weighted by atomic mass is 10.0. The second-order valence-corrected chi connectivity index (χ2v) is 5.89. The zero-order chi connectivity index (χ0) is 15.6. The van der Waals surface area contributed by atoms with E-state index in [0.29, 0.717) is 5.02 Å². The molecule has 6 heteroatoms. The van der Waals surface area contributed by atoms with Gasteiger partial charge in [0.15, 0.2) is 0 Å². The summed E-state index contributed by atoms with van der Waals surface area (Å²) < 4.78 is 3.79. The standard InChI is InChI=1S/C15H24ClN5/c1-6-7-17-14(15-13(16)9-18-21(15)5)8-12-10(2)19-20(4)11(12)3/h9,14,17H,6-8H2,1-5H3. The summed E-state index contributed by atoms with van der Waals surface area (Å²) in [6.07, 6.45) is 3.65. The molecule has 0 aliphatic heterocycles. The van der Waals surface area contributed by atoms with Gasteiger partial charge in [-0.15, -0.1) is 0 Å². The van der Waals surface area contributed by atoms with Crippen LogP contribution in [0.5, 0.6) is 0 Å². The first kappa shape index (κ1) is 16.0. The Balaban J connectivity index is 2.33. The minimum atomic E-state index is 0.145. The van der Waals surface area contributed by atoms with Crippen LogP contribution in [0.15, 0.2) is 6.20 Å². The number of hydrogen-bond acceptors (Lipinski definition) is 3. The highest BCUT2D eigenvalue weighted by molar-refractivity contribution is 6.31. The summed E-state index contributed by atoms with van der Waals surface area (Å²) in [7, 11) is 3.92. The summed E-state index contributed by atoms with van der Waals surface area (Å²) in [5.41, 5.74) is 4.60. The van der Waals surface area contributed by atoms with Crippen LogP contribution in [0.1, 0.15) is 42.0 Å². The van der Waals surface area contributed by atoms with Crippen molar-refractivity contribution in [2.45, 2.75) is 39.7 Å². The predicted octanol–water partition coefficient (Wildman–Crippen LogP) is 2.71. The molecule has 2 rings (SSSR count). The monoisotopic (exact) mass is 309 g/mol. The Hall–Kier alpha value is -1.33. The maximum atomic E-state index is 6.33. The molecule has 0 fully saturated rings. The highest BCUT2D eigenvalue weighted by Crippen LogP contribution is 2.27. The first-order chi connectivity index (χ1) is 9.95. The van der Waals surface area contributed by atoms with E-state index in [-0.39, 0.29) is 6.04 Å². The Morgan fingerprint density at radius 3 is 2.48 bits per heavy atom. The number of aryl methyl sites for hydroxylation is 3. The van der Waals surface area contributed by atoms with E-state index in [9.17, 15) is 0 Å². The Morgan fingerprint density at radius 1 is 1.29 bits per heavy atom. The second kappa shape index (κ2) is 6.62. The van der Waals surface area contributed by atoms with Crippen LogP contribution in [0.25, 0.3) is 0 Å². The van der Waals surface area contributed by atoms with Crippen molar-refractivity contribution in [1.82, 2.24) is 24.9 Å². The summed E-state index contributed by atoms with van der Waals surface area (Å²) in [5, 5.41) is 13.1. The van der Waals surface area contributed by atoms with E-state index in [4.69, 9.17) is 11.6 Å². The lowest BCUT2D eigenvalue weighted by Crippen LogP contribution is -2.26. The first-order valence-corrected chi connectivity index (χ1v) is 7.73. The Kier molecular flexibility index (Phi) is 5.06. The van der Waals surface area contributed by atoms with Gasteiger partial charge in [-0.1, -0.05) is 18.5 Å². The molecular formula is C15H24ClN5. The lowest BCUT2D eigenvalue weighted by Gasteiger charge is -2.20. The van der Waals surface area contributed by atoms with Gasteiger partial charge in [-0.05, 0) is 38.8 Å². The molecule has 0 spiro atoms. The molecule has 0 aromatic carbocycles. The largest absolute Gasteiger partial charge is 0.308 e. The maximum Gasteiger partial charge on any atom is 0.0834 e. The first-order valence-electron chi connectivity index (χ1n) is 7.35. The van der Waals surface area contributed by atoms with Crippen LogP contribution < -0.4 is 5.32 Å². The molecule has 0 aliphatic carbocycles. The highest BCUT2D eigenvalue weighted by Gasteiger charge is 2.22. The zero-order valence-corrected chi connectivity index (χ0v) is 14.2.